The summed E-state index contributed by atoms with van der Waals surface area (Å²) in [5, 5.41) is 8.32. The topological polar surface area (TPSA) is 88.3 Å². The van der Waals surface area contributed by atoms with Gasteiger partial charge in [0, 0.05) is 30.0 Å². The van der Waals surface area contributed by atoms with Gasteiger partial charge in [-0.05, 0) is 72.9 Å². The number of amides is 1. The maximum Gasteiger partial charge on any atom is 0.302 e. The zero-order valence-electron chi connectivity index (χ0n) is 18.7. The van der Waals surface area contributed by atoms with E-state index in [1.807, 2.05) is 48.7 Å². The molecule has 0 saturated carbocycles. The number of pyridine rings is 1. The van der Waals surface area contributed by atoms with Gasteiger partial charge in [-0.15, -0.1) is 0 Å². The molecule has 0 aliphatic carbocycles. The van der Waals surface area contributed by atoms with Crippen molar-refractivity contribution in [3.05, 3.63) is 84.6 Å². The zero-order chi connectivity index (χ0) is 23.5. The predicted octanol–water partition coefficient (Wildman–Crippen LogP) is 3.99. The van der Waals surface area contributed by atoms with Crippen LogP contribution in [0.15, 0.2) is 73.4 Å². The van der Waals surface area contributed by atoms with Crippen molar-refractivity contribution in [3.8, 4) is 11.8 Å². The summed E-state index contributed by atoms with van der Waals surface area (Å²) in [6.07, 6.45) is 5.79. The van der Waals surface area contributed by atoms with Crippen LogP contribution < -0.4 is 10.2 Å². The normalized spacial score (nSPS) is 10.6. The lowest BCUT2D eigenvalue weighted by atomic mass is 10.1. The Labute approximate surface area is 196 Å². The van der Waals surface area contributed by atoms with Crippen LogP contribution in [0.1, 0.15) is 18.1 Å². The van der Waals surface area contributed by atoms with E-state index in [-0.39, 0.29) is 5.91 Å². The summed E-state index contributed by atoms with van der Waals surface area (Å²) in [6, 6.07) is 17.9. The third-order valence-electron chi connectivity index (χ3n) is 5.51. The number of benzene rings is 2. The van der Waals surface area contributed by atoms with E-state index >= 15 is 0 Å². The van der Waals surface area contributed by atoms with Gasteiger partial charge in [-0.25, -0.2) is 19.5 Å². The van der Waals surface area contributed by atoms with E-state index in [0.717, 1.165) is 34.3 Å². The number of hydrogen-bond donors (Lipinski definition) is 1. The lowest BCUT2D eigenvalue weighted by Gasteiger charge is -2.16. The SMILES string of the molecule is CC#CC(=O)N(C)c1ccc2ncnc(Nc3ccc(Cc4ccn5ncnc5c4)cc3)c2c1. The highest BCUT2D eigenvalue weighted by molar-refractivity contribution is 6.06. The molecular weight excluding hydrogens is 426 g/mol. The van der Waals surface area contributed by atoms with E-state index < -0.39 is 0 Å². The minimum atomic E-state index is -0.271. The first-order valence-corrected chi connectivity index (χ1v) is 10.7. The first kappa shape index (κ1) is 21.1. The number of nitrogens with one attached hydrogen (secondary N) is 1. The van der Waals surface area contributed by atoms with E-state index in [9.17, 15) is 4.79 Å². The molecule has 3 aromatic heterocycles. The first-order valence-electron chi connectivity index (χ1n) is 10.7. The maximum atomic E-state index is 12.2. The van der Waals surface area contributed by atoms with Gasteiger partial charge in [0.1, 0.15) is 18.5 Å². The highest BCUT2D eigenvalue weighted by atomic mass is 16.2. The van der Waals surface area contributed by atoms with E-state index in [0.29, 0.717) is 5.82 Å². The Kier molecular flexibility index (Phi) is 5.58. The van der Waals surface area contributed by atoms with Crippen LogP contribution in [0.2, 0.25) is 0 Å². The molecule has 0 saturated heterocycles. The summed E-state index contributed by atoms with van der Waals surface area (Å²) in [7, 11) is 1.70. The third-order valence-corrected chi connectivity index (χ3v) is 5.51. The molecule has 34 heavy (non-hydrogen) atoms. The molecule has 8 nitrogen and oxygen atoms in total. The Bertz CT molecular complexity index is 1560. The van der Waals surface area contributed by atoms with Gasteiger partial charge in [0.15, 0.2) is 5.65 Å². The van der Waals surface area contributed by atoms with Gasteiger partial charge in [-0.3, -0.25) is 4.79 Å². The molecule has 0 radical (unpaired) electrons. The second kappa shape index (κ2) is 9.00. The Morgan fingerprint density at radius 3 is 2.68 bits per heavy atom. The quantitative estimate of drug-likeness (QED) is 0.410. The van der Waals surface area contributed by atoms with Crippen LogP contribution in [0, 0.1) is 11.8 Å². The van der Waals surface area contributed by atoms with Crippen molar-refractivity contribution in [2.75, 3.05) is 17.3 Å². The fraction of sp³-hybridized carbons (Fsp3) is 0.115. The molecule has 3 heterocycles. The standard InChI is InChI=1S/C26H21N7O/c1-3-4-25(34)32(2)21-9-10-23-22(15-21)26(29-16-27-23)31-20-7-5-18(6-8-20)13-19-11-12-33-24(14-19)28-17-30-33/h5-12,14-17H,13H2,1-2H3,(H,27,29,31). The molecule has 8 heteroatoms. The lowest BCUT2D eigenvalue weighted by molar-refractivity contribution is -0.113. The molecule has 0 fully saturated rings. The van der Waals surface area contributed by atoms with E-state index in [1.54, 1.807) is 24.8 Å². The van der Waals surface area contributed by atoms with Gasteiger partial charge >= 0.3 is 5.91 Å². The number of rotatable bonds is 5. The van der Waals surface area contributed by atoms with Crippen LogP contribution >= 0.6 is 0 Å². The summed E-state index contributed by atoms with van der Waals surface area (Å²) < 4.78 is 1.75. The second-order valence-corrected chi connectivity index (χ2v) is 7.76. The average molecular weight is 448 g/mol. The number of aromatic nitrogens is 5. The summed E-state index contributed by atoms with van der Waals surface area (Å²) >= 11 is 0. The predicted molar refractivity (Wildman–Crippen MR) is 132 cm³/mol. The molecule has 0 aliphatic rings. The minimum Gasteiger partial charge on any atom is -0.340 e. The summed E-state index contributed by atoms with van der Waals surface area (Å²) in [6.45, 7) is 1.64. The zero-order valence-corrected chi connectivity index (χ0v) is 18.7. The Balaban J connectivity index is 1.37. The van der Waals surface area contributed by atoms with Gasteiger partial charge in [-0.1, -0.05) is 18.1 Å². The average Bonchev–Trinajstić information content (AvgIpc) is 3.33. The monoisotopic (exact) mass is 447 g/mol. The molecule has 5 aromatic rings. The van der Waals surface area contributed by atoms with Gasteiger partial charge in [0.25, 0.3) is 0 Å². The summed E-state index contributed by atoms with van der Waals surface area (Å²) in [5.74, 6) is 5.59. The molecule has 1 N–H and O–H groups in total. The molecule has 0 atom stereocenters. The van der Waals surface area contributed by atoms with E-state index in [1.165, 1.54) is 22.4 Å². The molecule has 0 aliphatic heterocycles. The highest BCUT2D eigenvalue weighted by Gasteiger charge is 2.12. The van der Waals surface area contributed by atoms with Gasteiger partial charge in [-0.2, -0.15) is 5.10 Å². The molecule has 2 aromatic carbocycles. The molecule has 1 amide bonds. The van der Waals surface area contributed by atoms with Crippen LogP contribution in [0.25, 0.3) is 16.6 Å². The van der Waals surface area contributed by atoms with Gasteiger partial charge in [0.05, 0.1) is 5.52 Å². The number of carbonyl (C=O) groups excluding carboxylic acids is 1. The van der Waals surface area contributed by atoms with Crippen molar-refractivity contribution < 1.29 is 4.79 Å². The van der Waals surface area contributed by atoms with Crippen molar-refractivity contribution >= 4 is 39.6 Å². The van der Waals surface area contributed by atoms with Crippen LogP contribution in [0.5, 0.6) is 0 Å². The number of anilines is 3. The number of hydrogen-bond acceptors (Lipinski definition) is 6. The molecule has 5 rings (SSSR count). The molecule has 0 spiro atoms. The van der Waals surface area contributed by atoms with Gasteiger partial charge < -0.3 is 10.2 Å². The summed E-state index contributed by atoms with van der Waals surface area (Å²) in [5.41, 5.74) is 5.59. The van der Waals surface area contributed by atoms with Crippen molar-refractivity contribution in [1.82, 2.24) is 24.6 Å². The summed E-state index contributed by atoms with van der Waals surface area (Å²) in [4.78, 5) is 26.7. The van der Waals surface area contributed by atoms with Gasteiger partial charge in [0.2, 0.25) is 0 Å². The molecule has 0 bridgehead atoms. The van der Waals surface area contributed by atoms with Crippen LogP contribution in [-0.2, 0) is 11.2 Å². The number of carbonyl (C=O) groups is 1. The van der Waals surface area contributed by atoms with Crippen molar-refractivity contribution in [2.45, 2.75) is 13.3 Å². The minimum absolute atomic E-state index is 0.271. The van der Waals surface area contributed by atoms with Crippen molar-refractivity contribution in [1.29, 1.82) is 0 Å². The fourth-order valence-electron chi connectivity index (χ4n) is 3.71. The first-order chi connectivity index (χ1) is 16.6. The molecular formula is C26H21N7O. The van der Waals surface area contributed by atoms with Crippen LogP contribution in [0.3, 0.4) is 0 Å². The van der Waals surface area contributed by atoms with E-state index in [4.69, 9.17) is 0 Å². The highest BCUT2D eigenvalue weighted by Crippen LogP contribution is 2.27. The smallest absolute Gasteiger partial charge is 0.302 e. The van der Waals surface area contributed by atoms with Crippen molar-refractivity contribution in [3.63, 3.8) is 0 Å². The second-order valence-electron chi connectivity index (χ2n) is 7.76. The molecule has 166 valence electrons. The van der Waals surface area contributed by atoms with Crippen LogP contribution in [-0.4, -0.2) is 37.5 Å². The number of fused-ring (bicyclic) bond motifs is 2. The van der Waals surface area contributed by atoms with E-state index in [2.05, 4.69) is 49.3 Å². The van der Waals surface area contributed by atoms with Crippen LogP contribution in [0.4, 0.5) is 17.2 Å². The Hall–Kier alpha value is -4.77. The van der Waals surface area contributed by atoms with Crippen molar-refractivity contribution in [2.24, 2.45) is 0 Å². The number of nitrogens with zero attached hydrogens (tertiary/aromatic N) is 6. The Morgan fingerprint density at radius 2 is 1.85 bits per heavy atom. The fourth-order valence-corrected chi connectivity index (χ4v) is 3.71. The molecule has 0 unspecified atom stereocenters. The Morgan fingerprint density at radius 1 is 1.00 bits per heavy atom. The lowest BCUT2D eigenvalue weighted by Crippen LogP contribution is -2.24. The third kappa shape index (κ3) is 4.27. The largest absolute Gasteiger partial charge is 0.340 e. The maximum absolute atomic E-state index is 12.2.